The van der Waals surface area contributed by atoms with Crippen LogP contribution in [0.2, 0.25) is 5.02 Å². The highest BCUT2D eigenvalue weighted by atomic mass is 35.5. The number of methoxy groups -OCH3 is 1. The van der Waals surface area contributed by atoms with Crippen molar-refractivity contribution >= 4 is 43.3 Å². The van der Waals surface area contributed by atoms with E-state index in [1.807, 2.05) is 18.2 Å². The smallest absolute Gasteiger partial charge is 0.261 e. The van der Waals surface area contributed by atoms with Crippen molar-refractivity contribution in [2.45, 2.75) is 11.3 Å². The van der Waals surface area contributed by atoms with Crippen LogP contribution >= 0.6 is 11.6 Å². The molecule has 200 valence electrons. The number of rotatable bonds is 8. The van der Waals surface area contributed by atoms with Gasteiger partial charge in [0.2, 0.25) is 10.0 Å². The molecule has 1 aliphatic rings. The van der Waals surface area contributed by atoms with Crippen molar-refractivity contribution in [3.05, 3.63) is 53.1 Å². The molecule has 2 aromatic rings. The van der Waals surface area contributed by atoms with Crippen LogP contribution in [0.5, 0.6) is 5.75 Å². The van der Waals surface area contributed by atoms with Crippen molar-refractivity contribution in [2.75, 3.05) is 57.5 Å². The first kappa shape index (κ1) is 29.8. The molecule has 1 aliphatic heterocycles. The number of nitrogens with two attached hydrogens (primary N) is 1. The molecular formula is C22H31ClN4O7S2. The summed E-state index contributed by atoms with van der Waals surface area (Å²) in [5, 5.41) is 8.72. The summed E-state index contributed by atoms with van der Waals surface area (Å²) in [4.78, 5) is 17.1. The molecule has 0 aliphatic carbocycles. The van der Waals surface area contributed by atoms with E-state index >= 15 is 0 Å². The lowest BCUT2D eigenvalue weighted by Crippen LogP contribution is -2.47. The normalized spacial score (nSPS) is 14.5. The van der Waals surface area contributed by atoms with Gasteiger partial charge in [-0.05, 0) is 49.4 Å². The highest BCUT2D eigenvalue weighted by Crippen LogP contribution is 2.22. The second kappa shape index (κ2) is 13.2. The van der Waals surface area contributed by atoms with E-state index in [0.717, 1.165) is 49.9 Å². The summed E-state index contributed by atoms with van der Waals surface area (Å²) in [6.45, 7) is 5.04. The van der Waals surface area contributed by atoms with E-state index in [9.17, 15) is 21.6 Å². The molecule has 4 N–H and O–H groups in total. The quantitative estimate of drug-likeness (QED) is 0.319. The van der Waals surface area contributed by atoms with Crippen LogP contribution in [0.25, 0.3) is 0 Å². The number of ether oxygens (including phenoxy) is 1. The minimum atomic E-state index is -3.90. The first-order valence-electron chi connectivity index (χ1n) is 10.9. The Balaban J connectivity index is 0.000000830. The van der Waals surface area contributed by atoms with Gasteiger partial charge in [0.05, 0.1) is 23.8 Å². The fraction of sp³-hybridized carbons (Fsp3) is 0.409. The lowest BCUT2D eigenvalue weighted by atomic mass is 10.2. The van der Waals surface area contributed by atoms with Gasteiger partial charge in [-0.2, -0.15) is 8.42 Å². The van der Waals surface area contributed by atoms with Crippen LogP contribution in [0, 0.1) is 0 Å². The SMILES string of the molecule is COc1ccc(S(N)(=O)=O)cc1C(=O)NCCCN1CCN(c2cccc(Cl)c2)CC1.CS(=O)(=O)O. The molecule has 0 spiro atoms. The zero-order valence-corrected chi connectivity index (χ0v) is 22.4. The Kier molecular flexibility index (Phi) is 10.9. The number of nitrogens with zero attached hydrogens (tertiary/aromatic N) is 2. The van der Waals surface area contributed by atoms with Crippen molar-refractivity contribution < 1.29 is 30.9 Å². The summed E-state index contributed by atoms with van der Waals surface area (Å²) >= 11 is 6.08. The van der Waals surface area contributed by atoms with E-state index in [1.54, 1.807) is 0 Å². The third kappa shape index (κ3) is 10.3. The Morgan fingerprint density at radius 3 is 2.31 bits per heavy atom. The zero-order chi connectivity index (χ0) is 26.9. The van der Waals surface area contributed by atoms with Crippen molar-refractivity contribution in [1.29, 1.82) is 0 Å². The average Bonchev–Trinajstić information content (AvgIpc) is 2.80. The summed E-state index contributed by atoms with van der Waals surface area (Å²) < 4.78 is 54.2. The monoisotopic (exact) mass is 562 g/mol. The Morgan fingerprint density at radius 2 is 1.75 bits per heavy atom. The maximum Gasteiger partial charge on any atom is 0.261 e. The van der Waals surface area contributed by atoms with Gasteiger partial charge >= 0.3 is 0 Å². The van der Waals surface area contributed by atoms with Gasteiger partial charge in [0.1, 0.15) is 5.75 Å². The number of hydrogen-bond donors (Lipinski definition) is 3. The summed E-state index contributed by atoms with van der Waals surface area (Å²) in [7, 11) is -6.15. The highest BCUT2D eigenvalue weighted by Gasteiger charge is 2.19. The van der Waals surface area contributed by atoms with Crippen LogP contribution in [0.1, 0.15) is 16.8 Å². The van der Waals surface area contributed by atoms with Crippen LogP contribution < -0.4 is 20.1 Å². The number of anilines is 1. The van der Waals surface area contributed by atoms with Gasteiger partial charge in [0.15, 0.2) is 0 Å². The predicted molar refractivity (Wildman–Crippen MR) is 139 cm³/mol. The van der Waals surface area contributed by atoms with Crippen molar-refractivity contribution in [3.8, 4) is 5.75 Å². The van der Waals surface area contributed by atoms with Crippen molar-refractivity contribution in [3.63, 3.8) is 0 Å². The van der Waals surface area contributed by atoms with Crippen molar-refractivity contribution in [2.24, 2.45) is 5.14 Å². The Hall–Kier alpha value is -2.42. The van der Waals surface area contributed by atoms with Crippen LogP contribution in [0.15, 0.2) is 47.4 Å². The van der Waals surface area contributed by atoms with Crippen LogP contribution in [-0.2, 0) is 20.1 Å². The maximum absolute atomic E-state index is 12.5. The number of carbonyl (C=O) groups excluding carboxylic acids is 1. The summed E-state index contributed by atoms with van der Waals surface area (Å²) in [6, 6.07) is 11.8. The molecule has 0 saturated carbocycles. The Labute approximate surface area is 217 Å². The Bertz CT molecular complexity index is 1240. The first-order valence-corrected chi connectivity index (χ1v) is 14.7. The fourth-order valence-corrected chi connectivity index (χ4v) is 4.27. The van der Waals surface area contributed by atoms with Crippen LogP contribution in [0.4, 0.5) is 5.69 Å². The summed E-state index contributed by atoms with van der Waals surface area (Å²) in [5.41, 5.74) is 1.28. The van der Waals surface area contributed by atoms with Gasteiger partial charge in [0.25, 0.3) is 16.0 Å². The first-order chi connectivity index (χ1) is 16.8. The van der Waals surface area contributed by atoms with E-state index in [1.165, 1.54) is 25.3 Å². The average molecular weight is 563 g/mol. The Morgan fingerprint density at radius 1 is 1.11 bits per heavy atom. The number of primary sulfonamides is 1. The third-order valence-corrected chi connectivity index (χ3v) is 6.37. The molecule has 0 radical (unpaired) electrons. The van der Waals surface area contributed by atoms with Gasteiger partial charge in [0, 0.05) is 43.4 Å². The molecule has 1 heterocycles. The van der Waals surface area contributed by atoms with Crippen LogP contribution in [0.3, 0.4) is 0 Å². The van der Waals surface area contributed by atoms with Gasteiger partial charge in [-0.3, -0.25) is 14.2 Å². The minimum absolute atomic E-state index is 0.129. The molecule has 2 aromatic carbocycles. The maximum atomic E-state index is 12.5. The summed E-state index contributed by atoms with van der Waals surface area (Å²) in [6.07, 6.45) is 1.49. The number of benzene rings is 2. The molecule has 3 rings (SSSR count). The van der Waals surface area contributed by atoms with E-state index in [4.69, 9.17) is 26.0 Å². The minimum Gasteiger partial charge on any atom is -0.496 e. The molecule has 11 nitrogen and oxygen atoms in total. The van der Waals surface area contributed by atoms with Gasteiger partial charge in [-0.15, -0.1) is 0 Å². The number of hydrogen-bond acceptors (Lipinski definition) is 8. The van der Waals surface area contributed by atoms with E-state index < -0.39 is 26.0 Å². The molecule has 1 saturated heterocycles. The lowest BCUT2D eigenvalue weighted by molar-refractivity contribution is 0.0948. The second-order valence-corrected chi connectivity index (χ2v) is 11.5. The molecule has 36 heavy (non-hydrogen) atoms. The zero-order valence-electron chi connectivity index (χ0n) is 20.1. The molecule has 0 unspecified atom stereocenters. The summed E-state index contributed by atoms with van der Waals surface area (Å²) in [5.74, 6) is -0.102. The number of carbonyl (C=O) groups is 1. The molecule has 1 fully saturated rings. The molecule has 0 atom stereocenters. The largest absolute Gasteiger partial charge is 0.496 e. The van der Waals surface area contributed by atoms with Crippen molar-refractivity contribution in [1.82, 2.24) is 10.2 Å². The van der Waals surface area contributed by atoms with E-state index in [2.05, 4.69) is 21.2 Å². The van der Waals surface area contributed by atoms with E-state index in [-0.39, 0.29) is 10.5 Å². The molecule has 1 amide bonds. The van der Waals surface area contributed by atoms with Crippen LogP contribution in [-0.4, -0.2) is 84.8 Å². The number of nitrogens with one attached hydrogen (secondary N) is 1. The lowest BCUT2D eigenvalue weighted by Gasteiger charge is -2.36. The number of halogens is 1. The standard InChI is InChI=1S/C21H27ClN4O4S.CH4O3S/c1-30-20-7-6-18(31(23,28)29)15-19(20)21(27)24-8-3-9-25-10-12-26(13-11-25)17-5-2-4-16(22)14-17;1-5(2,3)4/h2,4-7,14-15H,3,8-13H2,1H3,(H,24,27)(H2,23,28,29);1H3,(H,2,3,4). The van der Waals surface area contributed by atoms with Gasteiger partial charge in [-0.1, -0.05) is 17.7 Å². The fourth-order valence-electron chi connectivity index (χ4n) is 3.54. The number of piperazine rings is 1. The molecular weight excluding hydrogens is 532 g/mol. The molecule has 0 bridgehead atoms. The number of amides is 1. The van der Waals surface area contributed by atoms with E-state index in [0.29, 0.717) is 18.6 Å². The third-order valence-electron chi connectivity index (χ3n) is 5.23. The topological polar surface area (TPSA) is 159 Å². The molecule has 14 heteroatoms. The van der Waals surface area contributed by atoms with Gasteiger partial charge in [-0.25, -0.2) is 13.6 Å². The molecule has 0 aromatic heterocycles. The highest BCUT2D eigenvalue weighted by molar-refractivity contribution is 7.89. The van der Waals surface area contributed by atoms with Gasteiger partial charge < -0.3 is 15.0 Å². The predicted octanol–water partition coefficient (Wildman–Crippen LogP) is 1.44. The second-order valence-electron chi connectivity index (χ2n) is 8.06. The number of sulfonamides is 1.